The second-order valence-electron chi connectivity index (χ2n) is 7.13. The van der Waals surface area contributed by atoms with Crippen LogP contribution in [0.25, 0.3) is 26.6 Å². The molecule has 2 aromatic carbocycles. The van der Waals surface area contributed by atoms with Crippen LogP contribution in [-0.4, -0.2) is 30.7 Å². The van der Waals surface area contributed by atoms with Crippen molar-refractivity contribution in [3.05, 3.63) is 76.7 Å². The minimum atomic E-state index is -0.600. The molecule has 32 heavy (non-hydrogen) atoms. The van der Waals surface area contributed by atoms with Gasteiger partial charge in [0, 0.05) is 5.02 Å². The van der Waals surface area contributed by atoms with Crippen LogP contribution in [0.15, 0.2) is 59.0 Å². The highest BCUT2D eigenvalue weighted by atomic mass is 35.5. The minimum absolute atomic E-state index is 0.0195. The van der Waals surface area contributed by atoms with Crippen molar-refractivity contribution < 1.29 is 24.5 Å². The van der Waals surface area contributed by atoms with E-state index < -0.39 is 17.4 Å². The Morgan fingerprint density at radius 3 is 2.50 bits per heavy atom. The molecule has 0 spiro atoms. The lowest BCUT2D eigenvalue weighted by Crippen LogP contribution is -2.04. The van der Waals surface area contributed by atoms with E-state index in [1.807, 2.05) is 0 Å². The highest BCUT2D eigenvalue weighted by Crippen LogP contribution is 2.45. The van der Waals surface area contributed by atoms with Gasteiger partial charge in [-0.15, -0.1) is 0 Å². The van der Waals surface area contributed by atoms with E-state index >= 15 is 0 Å². The van der Waals surface area contributed by atoms with E-state index in [4.69, 9.17) is 16.0 Å². The van der Waals surface area contributed by atoms with Gasteiger partial charge in [0.25, 0.3) is 0 Å². The van der Waals surface area contributed by atoms with Crippen molar-refractivity contribution in [3.63, 3.8) is 0 Å². The number of phenols is 1. The Labute approximate surface area is 190 Å². The summed E-state index contributed by atoms with van der Waals surface area (Å²) in [6.45, 7) is 1.70. The molecule has 0 saturated carbocycles. The van der Waals surface area contributed by atoms with Crippen LogP contribution in [0.5, 0.6) is 17.4 Å². The van der Waals surface area contributed by atoms with Crippen molar-refractivity contribution in [2.45, 2.75) is 6.92 Å². The fourth-order valence-electron chi connectivity index (χ4n) is 3.50. The molecule has 3 N–H and O–H groups in total. The average molecular weight is 467 g/mol. The Morgan fingerprint density at radius 1 is 1.06 bits per heavy atom. The molecule has 7 nitrogen and oxygen atoms in total. The monoisotopic (exact) mass is 466 g/mol. The van der Waals surface area contributed by atoms with Crippen LogP contribution in [0, 0.1) is 6.92 Å². The zero-order valence-electron chi connectivity index (χ0n) is 16.5. The predicted molar refractivity (Wildman–Crippen MR) is 121 cm³/mol. The van der Waals surface area contributed by atoms with E-state index in [0.29, 0.717) is 27.0 Å². The van der Waals surface area contributed by atoms with E-state index in [2.05, 4.69) is 4.98 Å². The average Bonchev–Trinajstić information content (AvgIpc) is 3.44. The number of furan rings is 1. The van der Waals surface area contributed by atoms with E-state index in [-0.39, 0.29) is 22.8 Å². The van der Waals surface area contributed by atoms with Crippen LogP contribution in [0.2, 0.25) is 5.02 Å². The molecule has 0 amide bonds. The quantitative estimate of drug-likeness (QED) is 0.295. The topological polar surface area (TPSA) is 109 Å². The summed E-state index contributed by atoms with van der Waals surface area (Å²) in [5.74, 6) is -1.15. The molecule has 5 rings (SSSR count). The number of aromatic hydroxyl groups is 3. The molecule has 3 heterocycles. The van der Waals surface area contributed by atoms with Crippen molar-refractivity contribution in [3.8, 4) is 33.8 Å². The maximum Gasteiger partial charge on any atom is 0.242 e. The number of ketones is 1. The van der Waals surface area contributed by atoms with Crippen molar-refractivity contribution in [2.75, 3.05) is 0 Å². The molecule has 160 valence electrons. The number of fused-ring (bicyclic) bond motifs is 1. The van der Waals surface area contributed by atoms with E-state index in [1.165, 1.54) is 34.1 Å². The third-order valence-corrected chi connectivity index (χ3v) is 6.22. The Morgan fingerprint density at radius 2 is 1.81 bits per heavy atom. The van der Waals surface area contributed by atoms with Crippen LogP contribution in [0.4, 0.5) is 0 Å². The van der Waals surface area contributed by atoms with Gasteiger partial charge in [-0.1, -0.05) is 22.9 Å². The smallest absolute Gasteiger partial charge is 0.242 e. The molecule has 5 aromatic rings. The molecule has 0 aliphatic heterocycles. The highest BCUT2D eigenvalue weighted by Gasteiger charge is 2.32. The summed E-state index contributed by atoms with van der Waals surface area (Å²) in [5.41, 5.74) is 1.19. The molecule has 0 aliphatic rings. The molecule has 0 bridgehead atoms. The Balaban J connectivity index is 1.81. The first-order valence-electron chi connectivity index (χ1n) is 9.47. The zero-order chi connectivity index (χ0) is 22.6. The second kappa shape index (κ2) is 7.44. The minimum Gasteiger partial charge on any atom is -0.508 e. The Bertz CT molecular complexity index is 1500. The number of thiazole rings is 1. The fourth-order valence-corrected chi connectivity index (χ4v) is 4.75. The van der Waals surface area contributed by atoms with Gasteiger partial charge in [-0.3, -0.25) is 9.36 Å². The molecule has 0 saturated heterocycles. The first-order chi connectivity index (χ1) is 15.3. The fraction of sp³-hybridized carbons (Fsp3) is 0.0435. The third kappa shape index (κ3) is 3.21. The van der Waals surface area contributed by atoms with E-state index in [1.54, 1.807) is 43.3 Å². The van der Waals surface area contributed by atoms with Gasteiger partial charge in [0.15, 0.2) is 16.6 Å². The summed E-state index contributed by atoms with van der Waals surface area (Å²) in [6.07, 6.45) is 0. The molecule has 0 unspecified atom stereocenters. The third-order valence-electron chi connectivity index (χ3n) is 4.98. The standard InChI is InChI=1S/C23H15ClN2O5S/c1-11-2-9-16(31-11)20(28)18-19(12-3-6-14(27)7-4-12)26(22(30)21(18)29)23-25-15-8-5-13(24)10-17(15)32-23/h2-10,27,29-30H,1H3. The van der Waals surface area contributed by atoms with E-state index in [0.717, 1.165) is 4.70 Å². The van der Waals surface area contributed by atoms with Gasteiger partial charge in [-0.25, -0.2) is 4.98 Å². The number of rotatable bonds is 4. The summed E-state index contributed by atoms with van der Waals surface area (Å²) >= 11 is 7.33. The normalized spacial score (nSPS) is 11.3. The number of aromatic nitrogens is 2. The number of benzene rings is 2. The van der Waals surface area contributed by atoms with Gasteiger partial charge in [-0.05, 0) is 67.1 Å². The molecule has 0 atom stereocenters. The molecule has 9 heteroatoms. The molecule has 0 aliphatic carbocycles. The van der Waals surface area contributed by atoms with Crippen LogP contribution >= 0.6 is 22.9 Å². The number of nitrogens with zero attached hydrogens (tertiary/aromatic N) is 2. The first kappa shape index (κ1) is 20.2. The van der Waals surface area contributed by atoms with Crippen LogP contribution in [-0.2, 0) is 0 Å². The number of carbonyl (C=O) groups is 1. The van der Waals surface area contributed by atoms with Crippen LogP contribution in [0.3, 0.4) is 0 Å². The lowest BCUT2D eigenvalue weighted by molar-refractivity contribution is 0.101. The number of phenolic OH excluding ortho intramolecular Hbond substituents is 1. The maximum atomic E-state index is 13.3. The van der Waals surface area contributed by atoms with Crippen molar-refractivity contribution in [2.24, 2.45) is 0 Å². The highest BCUT2D eigenvalue weighted by molar-refractivity contribution is 7.20. The first-order valence-corrected chi connectivity index (χ1v) is 10.7. The van der Waals surface area contributed by atoms with E-state index in [9.17, 15) is 20.1 Å². The van der Waals surface area contributed by atoms with Gasteiger partial charge >= 0.3 is 0 Å². The lowest BCUT2D eigenvalue weighted by Gasteiger charge is -2.09. The number of hydrogen-bond donors (Lipinski definition) is 3. The van der Waals surface area contributed by atoms with Gasteiger partial charge in [0.1, 0.15) is 11.5 Å². The van der Waals surface area contributed by atoms with Gasteiger partial charge < -0.3 is 19.7 Å². The predicted octanol–water partition coefficient (Wildman–Crippen LogP) is 5.66. The Kier molecular flexibility index (Phi) is 4.69. The SMILES string of the molecule is Cc1ccc(C(=O)c2c(O)c(O)n(-c3nc4ccc(Cl)cc4s3)c2-c2ccc(O)cc2)o1. The molecular formula is C23H15ClN2O5S. The molecule has 0 fully saturated rings. The van der Waals surface area contributed by atoms with Crippen LogP contribution < -0.4 is 0 Å². The molecule has 3 aromatic heterocycles. The van der Waals surface area contributed by atoms with Crippen molar-refractivity contribution in [1.82, 2.24) is 9.55 Å². The summed E-state index contributed by atoms with van der Waals surface area (Å²) in [4.78, 5) is 17.8. The number of aryl methyl sites for hydroxylation is 1. The number of hydrogen-bond acceptors (Lipinski definition) is 7. The zero-order valence-corrected chi connectivity index (χ0v) is 18.1. The van der Waals surface area contributed by atoms with Crippen LogP contribution in [0.1, 0.15) is 21.9 Å². The summed E-state index contributed by atoms with van der Waals surface area (Å²) in [5, 5.41) is 32.3. The van der Waals surface area contributed by atoms with Gasteiger partial charge in [-0.2, -0.15) is 0 Å². The number of carbonyl (C=O) groups excluding carboxylic acids is 1. The molecule has 0 radical (unpaired) electrons. The second-order valence-corrected chi connectivity index (χ2v) is 8.57. The summed E-state index contributed by atoms with van der Waals surface area (Å²) in [6, 6.07) is 14.4. The largest absolute Gasteiger partial charge is 0.508 e. The van der Waals surface area contributed by atoms with Gasteiger partial charge in [0.2, 0.25) is 11.7 Å². The molecular weight excluding hydrogens is 452 g/mol. The Hall–Kier alpha value is -3.75. The lowest BCUT2D eigenvalue weighted by atomic mass is 10.0. The van der Waals surface area contributed by atoms with Gasteiger partial charge in [0.05, 0.1) is 21.5 Å². The summed E-state index contributed by atoms with van der Waals surface area (Å²) in [7, 11) is 0. The van der Waals surface area contributed by atoms with Crippen molar-refractivity contribution >= 4 is 38.9 Å². The van der Waals surface area contributed by atoms with Crippen molar-refractivity contribution in [1.29, 1.82) is 0 Å². The summed E-state index contributed by atoms with van der Waals surface area (Å²) < 4.78 is 7.54. The maximum absolute atomic E-state index is 13.3. The number of halogens is 1.